The molecule has 1 amide bonds. The summed E-state index contributed by atoms with van der Waals surface area (Å²) in [5.41, 5.74) is 0.392. The van der Waals surface area contributed by atoms with Crippen molar-refractivity contribution in [2.24, 2.45) is 5.92 Å². The summed E-state index contributed by atoms with van der Waals surface area (Å²) >= 11 is 0. The average molecular weight is 416 g/mol. The molecule has 1 saturated heterocycles. The van der Waals surface area contributed by atoms with Gasteiger partial charge in [0.25, 0.3) is 0 Å². The molecule has 3 atom stereocenters. The third-order valence-electron chi connectivity index (χ3n) is 6.57. The van der Waals surface area contributed by atoms with Gasteiger partial charge in [0, 0.05) is 12.0 Å². The van der Waals surface area contributed by atoms with E-state index in [0.29, 0.717) is 25.6 Å². The van der Waals surface area contributed by atoms with E-state index in [1.54, 1.807) is 0 Å². The maximum absolute atomic E-state index is 13.4. The maximum atomic E-state index is 13.4. The Kier molecular flexibility index (Phi) is 7.56. The molecule has 0 N–H and O–H groups in total. The lowest BCUT2D eigenvalue weighted by Gasteiger charge is -2.49. The normalized spacial score (nSPS) is 26.7. The number of hydrogen-bond donors (Lipinski definition) is 0. The molecule has 0 bridgehead atoms. The fourth-order valence-corrected chi connectivity index (χ4v) is 5.34. The lowest BCUT2D eigenvalue weighted by atomic mass is 9.69. The van der Waals surface area contributed by atoms with Gasteiger partial charge in [-0.1, -0.05) is 43.2 Å². The summed E-state index contributed by atoms with van der Waals surface area (Å²) in [7, 11) is 0. The summed E-state index contributed by atoms with van der Waals surface area (Å²) in [5, 5.41) is 0. The minimum Gasteiger partial charge on any atom is -0.444 e. The first-order valence-corrected chi connectivity index (χ1v) is 11.4. The maximum Gasteiger partial charge on any atom is 0.411 e. The molecule has 1 aromatic rings. The minimum atomic E-state index is -0.538. The third kappa shape index (κ3) is 5.42. The minimum absolute atomic E-state index is 0.0143. The van der Waals surface area contributed by atoms with E-state index in [1.165, 1.54) is 6.42 Å². The molecule has 1 aliphatic heterocycles. The number of ether oxygens (including phenoxy) is 2. The number of benzene rings is 1. The van der Waals surface area contributed by atoms with Crippen molar-refractivity contribution in [2.45, 2.75) is 95.9 Å². The van der Waals surface area contributed by atoms with Crippen molar-refractivity contribution >= 4 is 12.4 Å². The Balaban J connectivity index is 1.77. The van der Waals surface area contributed by atoms with Crippen LogP contribution < -0.4 is 0 Å². The molecule has 1 aromatic carbocycles. The third-order valence-corrected chi connectivity index (χ3v) is 6.57. The first kappa shape index (κ1) is 22.8. The van der Waals surface area contributed by atoms with Crippen LogP contribution in [0.1, 0.15) is 77.7 Å². The lowest BCUT2D eigenvalue weighted by Crippen LogP contribution is -2.58. The van der Waals surface area contributed by atoms with Crippen LogP contribution in [-0.2, 0) is 20.9 Å². The number of carbonyl (C=O) groups excluding carboxylic acids is 2. The first-order valence-electron chi connectivity index (χ1n) is 11.4. The van der Waals surface area contributed by atoms with Crippen molar-refractivity contribution in [3.05, 3.63) is 35.9 Å². The van der Waals surface area contributed by atoms with Gasteiger partial charge in [-0.3, -0.25) is 4.90 Å². The van der Waals surface area contributed by atoms with Gasteiger partial charge in [-0.05, 0) is 64.4 Å². The van der Waals surface area contributed by atoms with Crippen LogP contribution in [0.5, 0.6) is 0 Å². The van der Waals surface area contributed by atoms with E-state index < -0.39 is 5.60 Å². The Hall–Kier alpha value is -1.88. The predicted octanol–water partition coefficient (Wildman–Crippen LogP) is 5.51. The van der Waals surface area contributed by atoms with Crippen LogP contribution >= 0.6 is 0 Å². The fourth-order valence-electron chi connectivity index (χ4n) is 5.34. The number of carbonyl (C=O) groups is 2. The van der Waals surface area contributed by atoms with Gasteiger partial charge in [-0.15, -0.1) is 0 Å². The molecule has 3 rings (SSSR count). The molecule has 0 radical (unpaired) electrons. The van der Waals surface area contributed by atoms with Gasteiger partial charge in [0.2, 0.25) is 0 Å². The van der Waals surface area contributed by atoms with Crippen LogP contribution in [0.2, 0.25) is 0 Å². The molecule has 2 fully saturated rings. The van der Waals surface area contributed by atoms with Gasteiger partial charge in [0.05, 0.1) is 19.3 Å². The van der Waals surface area contributed by atoms with Crippen LogP contribution in [0.3, 0.4) is 0 Å². The van der Waals surface area contributed by atoms with Crippen LogP contribution in [0, 0.1) is 5.92 Å². The molecule has 1 saturated carbocycles. The first-order chi connectivity index (χ1) is 14.4. The number of likely N-dealkylation sites (tertiary alicyclic amines) is 1. The second-order valence-corrected chi connectivity index (χ2v) is 9.83. The molecule has 5 nitrogen and oxygen atoms in total. The zero-order chi connectivity index (χ0) is 21.6. The summed E-state index contributed by atoms with van der Waals surface area (Å²) in [5.74, 6) is 0.350. The molecule has 0 aromatic heterocycles. The van der Waals surface area contributed by atoms with E-state index in [0.717, 1.165) is 50.4 Å². The lowest BCUT2D eigenvalue weighted by molar-refractivity contribution is -0.108. The van der Waals surface area contributed by atoms with Gasteiger partial charge >= 0.3 is 6.09 Å². The molecule has 0 unspecified atom stereocenters. The van der Waals surface area contributed by atoms with E-state index in [2.05, 4.69) is 12.1 Å². The zero-order valence-corrected chi connectivity index (χ0v) is 18.8. The van der Waals surface area contributed by atoms with Crippen molar-refractivity contribution in [3.63, 3.8) is 0 Å². The molecule has 1 aliphatic carbocycles. The molecule has 30 heavy (non-hydrogen) atoms. The highest BCUT2D eigenvalue weighted by Crippen LogP contribution is 2.50. The predicted molar refractivity (Wildman–Crippen MR) is 117 cm³/mol. The monoisotopic (exact) mass is 415 g/mol. The van der Waals surface area contributed by atoms with Crippen molar-refractivity contribution in [3.8, 4) is 0 Å². The summed E-state index contributed by atoms with van der Waals surface area (Å²) in [6, 6.07) is 10.1. The Morgan fingerprint density at radius 3 is 2.63 bits per heavy atom. The van der Waals surface area contributed by atoms with Crippen LogP contribution in [0.15, 0.2) is 30.3 Å². The molecule has 2 aliphatic rings. The molecule has 166 valence electrons. The van der Waals surface area contributed by atoms with Gasteiger partial charge in [-0.2, -0.15) is 0 Å². The van der Waals surface area contributed by atoms with Gasteiger partial charge < -0.3 is 14.3 Å². The Labute approximate surface area is 181 Å². The number of aldehydes is 1. The van der Waals surface area contributed by atoms with E-state index in [9.17, 15) is 9.59 Å². The highest BCUT2D eigenvalue weighted by Gasteiger charge is 2.54. The largest absolute Gasteiger partial charge is 0.444 e. The molecular weight excluding hydrogens is 378 g/mol. The smallest absolute Gasteiger partial charge is 0.411 e. The topological polar surface area (TPSA) is 55.8 Å². The van der Waals surface area contributed by atoms with Crippen molar-refractivity contribution in [1.29, 1.82) is 0 Å². The number of nitrogens with zero attached hydrogens (tertiary/aromatic N) is 1. The quantitative estimate of drug-likeness (QED) is 0.551. The Bertz CT molecular complexity index is 699. The van der Waals surface area contributed by atoms with Gasteiger partial charge in [0.15, 0.2) is 0 Å². The van der Waals surface area contributed by atoms with E-state index >= 15 is 0 Å². The molecule has 1 heterocycles. The number of rotatable bonds is 7. The number of hydrogen-bond acceptors (Lipinski definition) is 4. The van der Waals surface area contributed by atoms with Crippen LogP contribution in [0.25, 0.3) is 0 Å². The van der Waals surface area contributed by atoms with E-state index in [4.69, 9.17) is 9.47 Å². The summed E-state index contributed by atoms with van der Waals surface area (Å²) in [4.78, 5) is 26.5. The number of amides is 1. The average Bonchev–Trinajstić information content (AvgIpc) is 3.05. The summed E-state index contributed by atoms with van der Waals surface area (Å²) < 4.78 is 11.9. The van der Waals surface area contributed by atoms with E-state index in [-0.39, 0.29) is 17.7 Å². The fraction of sp³-hybridized carbons (Fsp3) is 0.680. The highest BCUT2D eigenvalue weighted by atomic mass is 16.6. The van der Waals surface area contributed by atoms with Crippen LogP contribution in [0.4, 0.5) is 4.79 Å². The SMILES string of the molecule is CC(C)(C)OC(=O)N1[C@H](COCc2ccccc2)CC[C@]12CCCC[C@H]2CCC=O. The van der Waals surface area contributed by atoms with Crippen molar-refractivity contribution < 1.29 is 19.1 Å². The second kappa shape index (κ2) is 9.95. The summed E-state index contributed by atoms with van der Waals surface area (Å²) in [6.45, 7) is 6.80. The van der Waals surface area contributed by atoms with Crippen molar-refractivity contribution in [2.75, 3.05) is 6.61 Å². The standard InChI is InChI=1S/C25H37NO4/c1-24(2,3)30-23(28)26-22(19-29-18-20-10-5-4-6-11-20)14-16-25(26)15-8-7-12-21(25)13-9-17-27/h4-6,10-11,17,21-22H,7-9,12-16,18-19H2,1-3H3/t21-,22-,25-/m0/s1. The van der Waals surface area contributed by atoms with Crippen LogP contribution in [-0.4, -0.2) is 41.1 Å². The Morgan fingerprint density at radius 2 is 1.93 bits per heavy atom. The van der Waals surface area contributed by atoms with Gasteiger partial charge in [-0.25, -0.2) is 4.79 Å². The zero-order valence-electron chi connectivity index (χ0n) is 18.8. The summed E-state index contributed by atoms with van der Waals surface area (Å²) in [6.07, 6.45) is 8.43. The van der Waals surface area contributed by atoms with Crippen molar-refractivity contribution in [1.82, 2.24) is 4.90 Å². The highest BCUT2D eigenvalue weighted by molar-refractivity contribution is 5.70. The molecule has 5 heteroatoms. The Morgan fingerprint density at radius 1 is 1.17 bits per heavy atom. The molecular formula is C25H37NO4. The second-order valence-electron chi connectivity index (χ2n) is 9.83. The molecule has 1 spiro atoms. The van der Waals surface area contributed by atoms with E-state index in [1.807, 2.05) is 43.9 Å². The van der Waals surface area contributed by atoms with Gasteiger partial charge in [0.1, 0.15) is 11.9 Å².